The molecule has 0 aromatic carbocycles. The summed E-state index contributed by atoms with van der Waals surface area (Å²) >= 11 is 0. The first-order chi connectivity index (χ1) is 8.41. The topological polar surface area (TPSA) is 94.3 Å². The van der Waals surface area contributed by atoms with Gasteiger partial charge in [-0.3, -0.25) is 0 Å². The van der Waals surface area contributed by atoms with Crippen molar-refractivity contribution in [2.24, 2.45) is 5.14 Å². The molecule has 0 aliphatic carbocycles. The van der Waals surface area contributed by atoms with Gasteiger partial charge in [-0.2, -0.15) is 0 Å². The standard InChI is InChI=1S/C11H19N3O3S/c1-9(2)17-8-4-7-14-11-10(18(12,15)16)5-3-6-13-11/h3,5-6,9H,4,7-8H2,1-2H3,(H,13,14)(H2,12,15,16). The lowest BCUT2D eigenvalue weighted by molar-refractivity contribution is 0.0787. The number of rotatable bonds is 7. The van der Waals surface area contributed by atoms with Crippen molar-refractivity contribution in [2.75, 3.05) is 18.5 Å². The maximum Gasteiger partial charge on any atom is 0.241 e. The van der Waals surface area contributed by atoms with Crippen molar-refractivity contribution in [3.05, 3.63) is 18.3 Å². The number of nitrogens with one attached hydrogen (secondary N) is 1. The number of hydrogen-bond acceptors (Lipinski definition) is 5. The fourth-order valence-electron chi connectivity index (χ4n) is 1.35. The Morgan fingerprint density at radius 3 is 2.83 bits per heavy atom. The molecule has 1 rings (SSSR count). The fourth-order valence-corrected chi connectivity index (χ4v) is 2.01. The van der Waals surface area contributed by atoms with Crippen molar-refractivity contribution >= 4 is 15.8 Å². The zero-order valence-electron chi connectivity index (χ0n) is 10.6. The molecule has 1 aromatic rings. The molecule has 102 valence electrons. The van der Waals surface area contributed by atoms with Gasteiger partial charge in [0.25, 0.3) is 0 Å². The van der Waals surface area contributed by atoms with E-state index in [0.717, 1.165) is 6.42 Å². The number of ether oxygens (including phenoxy) is 1. The van der Waals surface area contributed by atoms with Crippen molar-refractivity contribution < 1.29 is 13.2 Å². The van der Waals surface area contributed by atoms with E-state index in [0.29, 0.717) is 13.2 Å². The predicted octanol–water partition coefficient (Wildman–Crippen LogP) is 0.956. The molecule has 1 aromatic heterocycles. The maximum atomic E-state index is 11.3. The second kappa shape index (κ2) is 6.67. The van der Waals surface area contributed by atoms with Crippen LogP contribution in [0, 0.1) is 0 Å². The Morgan fingerprint density at radius 1 is 1.50 bits per heavy atom. The average Bonchev–Trinajstić information content (AvgIpc) is 2.27. The third-order valence-corrected chi connectivity index (χ3v) is 3.08. The Morgan fingerprint density at radius 2 is 2.22 bits per heavy atom. The minimum atomic E-state index is -3.75. The second-order valence-electron chi connectivity index (χ2n) is 4.10. The zero-order chi connectivity index (χ0) is 13.6. The Balaban J connectivity index is 2.53. The second-order valence-corrected chi connectivity index (χ2v) is 5.62. The van der Waals surface area contributed by atoms with Crippen LogP contribution in [-0.2, 0) is 14.8 Å². The number of pyridine rings is 1. The summed E-state index contributed by atoms with van der Waals surface area (Å²) < 4.78 is 28.0. The molecule has 6 nitrogen and oxygen atoms in total. The van der Waals surface area contributed by atoms with E-state index in [2.05, 4.69) is 10.3 Å². The van der Waals surface area contributed by atoms with Gasteiger partial charge in [-0.25, -0.2) is 18.5 Å². The largest absolute Gasteiger partial charge is 0.379 e. The first-order valence-corrected chi connectivity index (χ1v) is 7.29. The van der Waals surface area contributed by atoms with E-state index in [9.17, 15) is 8.42 Å². The summed E-state index contributed by atoms with van der Waals surface area (Å²) in [5.41, 5.74) is 0. The quantitative estimate of drug-likeness (QED) is 0.721. The van der Waals surface area contributed by atoms with E-state index in [1.807, 2.05) is 13.8 Å². The third kappa shape index (κ3) is 4.99. The summed E-state index contributed by atoms with van der Waals surface area (Å²) in [5, 5.41) is 8.04. The molecule has 0 saturated heterocycles. The van der Waals surface area contributed by atoms with Gasteiger partial charge in [0.2, 0.25) is 10.0 Å². The molecule has 0 atom stereocenters. The van der Waals surface area contributed by atoms with Crippen molar-refractivity contribution in [2.45, 2.75) is 31.3 Å². The van der Waals surface area contributed by atoms with Crippen molar-refractivity contribution in [3.8, 4) is 0 Å². The Kier molecular flexibility index (Phi) is 5.52. The van der Waals surface area contributed by atoms with Crippen molar-refractivity contribution in [3.63, 3.8) is 0 Å². The van der Waals surface area contributed by atoms with Gasteiger partial charge >= 0.3 is 0 Å². The third-order valence-electron chi connectivity index (χ3n) is 2.14. The zero-order valence-corrected chi connectivity index (χ0v) is 11.4. The van der Waals surface area contributed by atoms with Gasteiger partial charge in [0.05, 0.1) is 6.10 Å². The number of aromatic nitrogens is 1. The molecule has 0 aliphatic heterocycles. The van der Waals surface area contributed by atoms with E-state index >= 15 is 0 Å². The SMILES string of the molecule is CC(C)OCCCNc1ncccc1S(N)(=O)=O. The first-order valence-electron chi connectivity index (χ1n) is 5.74. The highest BCUT2D eigenvalue weighted by molar-refractivity contribution is 7.89. The van der Waals surface area contributed by atoms with Gasteiger partial charge in [-0.05, 0) is 32.4 Å². The minimum Gasteiger partial charge on any atom is -0.379 e. The lowest BCUT2D eigenvalue weighted by atomic mass is 10.4. The summed E-state index contributed by atoms with van der Waals surface area (Å²) in [6.07, 6.45) is 2.47. The maximum absolute atomic E-state index is 11.3. The summed E-state index contributed by atoms with van der Waals surface area (Å²) in [7, 11) is -3.75. The molecule has 1 heterocycles. The van der Waals surface area contributed by atoms with Gasteiger partial charge in [0, 0.05) is 19.3 Å². The van der Waals surface area contributed by atoms with E-state index in [4.69, 9.17) is 9.88 Å². The van der Waals surface area contributed by atoms with Crippen LogP contribution in [0.2, 0.25) is 0 Å². The lowest BCUT2D eigenvalue weighted by Gasteiger charge is -2.10. The molecular formula is C11H19N3O3S. The Hall–Kier alpha value is -1.18. The summed E-state index contributed by atoms with van der Waals surface area (Å²) in [6.45, 7) is 5.12. The summed E-state index contributed by atoms with van der Waals surface area (Å²) in [6, 6.07) is 2.96. The van der Waals surface area contributed by atoms with E-state index in [-0.39, 0.29) is 16.8 Å². The fraction of sp³-hybridized carbons (Fsp3) is 0.545. The van der Waals surface area contributed by atoms with Crippen LogP contribution in [0.4, 0.5) is 5.82 Å². The van der Waals surface area contributed by atoms with Gasteiger partial charge in [-0.15, -0.1) is 0 Å². The molecule has 0 spiro atoms. The highest BCUT2D eigenvalue weighted by atomic mass is 32.2. The van der Waals surface area contributed by atoms with Gasteiger partial charge in [0.1, 0.15) is 10.7 Å². The van der Waals surface area contributed by atoms with Crippen molar-refractivity contribution in [1.82, 2.24) is 4.98 Å². The number of primary sulfonamides is 1. The molecule has 7 heteroatoms. The van der Waals surface area contributed by atoms with E-state index < -0.39 is 10.0 Å². The van der Waals surface area contributed by atoms with E-state index in [1.54, 1.807) is 0 Å². The van der Waals surface area contributed by atoms with Crippen LogP contribution in [0.5, 0.6) is 0 Å². The van der Waals surface area contributed by atoms with Crippen LogP contribution in [0.3, 0.4) is 0 Å². The average molecular weight is 273 g/mol. The molecule has 0 radical (unpaired) electrons. The monoisotopic (exact) mass is 273 g/mol. The van der Waals surface area contributed by atoms with Gasteiger partial charge in [0.15, 0.2) is 0 Å². The van der Waals surface area contributed by atoms with Crippen LogP contribution >= 0.6 is 0 Å². The Labute approximate surface area is 108 Å². The van der Waals surface area contributed by atoms with E-state index in [1.165, 1.54) is 18.3 Å². The van der Waals surface area contributed by atoms with Gasteiger partial charge < -0.3 is 10.1 Å². The number of anilines is 1. The Bertz CT molecular complexity index is 474. The molecule has 0 bridgehead atoms. The molecule has 3 N–H and O–H groups in total. The molecular weight excluding hydrogens is 254 g/mol. The smallest absolute Gasteiger partial charge is 0.241 e. The van der Waals surface area contributed by atoms with Crippen LogP contribution in [0.15, 0.2) is 23.2 Å². The number of sulfonamides is 1. The van der Waals surface area contributed by atoms with Crippen LogP contribution in [0.25, 0.3) is 0 Å². The predicted molar refractivity (Wildman–Crippen MR) is 69.8 cm³/mol. The molecule has 0 fully saturated rings. The molecule has 18 heavy (non-hydrogen) atoms. The molecule has 0 amide bonds. The summed E-state index contributed by atoms with van der Waals surface area (Å²) in [4.78, 5) is 3.98. The summed E-state index contributed by atoms with van der Waals surface area (Å²) in [5.74, 6) is 0.282. The van der Waals surface area contributed by atoms with Crippen molar-refractivity contribution in [1.29, 1.82) is 0 Å². The highest BCUT2D eigenvalue weighted by Gasteiger charge is 2.13. The number of nitrogens with two attached hydrogens (primary N) is 1. The van der Waals surface area contributed by atoms with Crippen LogP contribution in [0.1, 0.15) is 20.3 Å². The minimum absolute atomic E-state index is 0.00905. The normalized spacial score (nSPS) is 11.8. The van der Waals surface area contributed by atoms with Crippen LogP contribution in [-0.4, -0.2) is 32.7 Å². The highest BCUT2D eigenvalue weighted by Crippen LogP contribution is 2.15. The molecule has 0 saturated carbocycles. The van der Waals surface area contributed by atoms with Crippen LogP contribution < -0.4 is 10.5 Å². The first kappa shape index (κ1) is 14.9. The molecule has 0 unspecified atom stereocenters. The van der Waals surface area contributed by atoms with Gasteiger partial charge in [-0.1, -0.05) is 0 Å². The number of nitrogens with zero attached hydrogens (tertiary/aromatic N) is 1. The molecule has 0 aliphatic rings. The number of hydrogen-bond donors (Lipinski definition) is 2. The lowest BCUT2D eigenvalue weighted by Crippen LogP contribution is -2.17.